The fourth-order valence-electron chi connectivity index (χ4n) is 4.48. The number of fused-ring (bicyclic) bond motifs is 1. The Morgan fingerprint density at radius 1 is 1.23 bits per heavy atom. The number of benzene rings is 2. The van der Waals surface area contributed by atoms with E-state index in [9.17, 15) is 4.79 Å². The van der Waals surface area contributed by atoms with Gasteiger partial charge in [0.15, 0.2) is 0 Å². The summed E-state index contributed by atoms with van der Waals surface area (Å²) in [6, 6.07) is 9.99. The number of hydrogen-bond donors (Lipinski definition) is 1. The number of hydrogen-bond acceptors (Lipinski definition) is 3. The molecule has 1 atom stereocenters. The number of likely N-dealkylation sites (N-methyl/N-ethyl adjacent to an activating group) is 1. The van der Waals surface area contributed by atoms with E-state index in [1.165, 1.54) is 0 Å². The van der Waals surface area contributed by atoms with Crippen molar-refractivity contribution < 1.29 is 4.79 Å². The molecule has 1 aromatic heterocycles. The lowest BCUT2D eigenvalue weighted by Crippen LogP contribution is -2.34. The summed E-state index contributed by atoms with van der Waals surface area (Å²) in [5.74, 6) is -0.0343. The van der Waals surface area contributed by atoms with Gasteiger partial charge in [-0.2, -0.15) is 0 Å². The highest BCUT2D eigenvalue weighted by Crippen LogP contribution is 2.34. The first-order valence-corrected chi connectivity index (χ1v) is 11.2. The van der Waals surface area contributed by atoms with Gasteiger partial charge in [0.2, 0.25) is 0 Å². The van der Waals surface area contributed by atoms with Gasteiger partial charge in [-0.05, 0) is 68.9 Å². The van der Waals surface area contributed by atoms with Crippen LogP contribution in [0, 0.1) is 6.92 Å². The Morgan fingerprint density at radius 2 is 1.97 bits per heavy atom. The topological polar surface area (TPSA) is 54.5 Å². The van der Waals surface area contributed by atoms with Crippen LogP contribution in [0.1, 0.15) is 33.6 Å². The van der Waals surface area contributed by atoms with Crippen molar-refractivity contribution in [3.8, 4) is 0 Å². The standard InChI is InChI=1S/C24H28Cl2N4O/c1-14-9-15(27)10-22-19(14)11-17(29(22)4)12-20-21(25)6-5-18(23(20)26)24(31)30-8-7-16(13-30)28(2)3/h5-6,9-11,16H,7-8,12-13,27H2,1-4H3. The number of amides is 1. The molecular weight excluding hydrogens is 431 g/mol. The van der Waals surface area contributed by atoms with Crippen LogP contribution in [-0.4, -0.2) is 53.5 Å². The summed E-state index contributed by atoms with van der Waals surface area (Å²) in [4.78, 5) is 17.2. The average molecular weight is 459 g/mol. The number of halogens is 2. The minimum Gasteiger partial charge on any atom is -0.399 e. The first-order chi connectivity index (χ1) is 14.7. The summed E-state index contributed by atoms with van der Waals surface area (Å²) in [7, 11) is 6.11. The molecule has 2 heterocycles. The van der Waals surface area contributed by atoms with Gasteiger partial charge in [0.1, 0.15) is 0 Å². The molecule has 0 aliphatic carbocycles. The number of aryl methyl sites for hydroxylation is 2. The summed E-state index contributed by atoms with van der Waals surface area (Å²) in [5.41, 5.74) is 11.3. The Labute approximate surface area is 193 Å². The second kappa shape index (κ2) is 8.38. The van der Waals surface area contributed by atoms with Gasteiger partial charge in [0.05, 0.1) is 16.1 Å². The summed E-state index contributed by atoms with van der Waals surface area (Å²) in [6.07, 6.45) is 1.50. The Kier molecular flexibility index (Phi) is 5.95. The zero-order valence-corrected chi connectivity index (χ0v) is 19.9. The van der Waals surface area contributed by atoms with E-state index in [4.69, 9.17) is 28.9 Å². The zero-order valence-electron chi connectivity index (χ0n) is 18.4. The smallest absolute Gasteiger partial charge is 0.255 e. The van der Waals surface area contributed by atoms with E-state index in [0.29, 0.717) is 34.6 Å². The molecule has 1 aliphatic heterocycles. The fourth-order valence-corrected chi connectivity index (χ4v) is 5.07. The average Bonchev–Trinajstić information content (AvgIpc) is 3.31. The van der Waals surface area contributed by atoms with Crippen molar-refractivity contribution in [3.63, 3.8) is 0 Å². The number of nitrogens with two attached hydrogens (primary N) is 1. The molecule has 1 unspecified atom stereocenters. The highest BCUT2D eigenvalue weighted by atomic mass is 35.5. The number of likely N-dealkylation sites (tertiary alicyclic amines) is 1. The normalized spacial score (nSPS) is 16.6. The van der Waals surface area contributed by atoms with E-state index >= 15 is 0 Å². The lowest BCUT2D eigenvalue weighted by Gasteiger charge is -2.21. The molecule has 1 amide bonds. The number of carbonyl (C=O) groups is 1. The zero-order chi connectivity index (χ0) is 22.4. The molecule has 2 aromatic carbocycles. The monoisotopic (exact) mass is 458 g/mol. The van der Waals surface area contributed by atoms with Crippen molar-refractivity contribution in [2.45, 2.75) is 25.8 Å². The molecule has 0 bridgehead atoms. The van der Waals surface area contributed by atoms with Crippen LogP contribution in [0.3, 0.4) is 0 Å². The van der Waals surface area contributed by atoms with Crippen molar-refractivity contribution in [1.29, 1.82) is 0 Å². The third-order valence-electron chi connectivity index (χ3n) is 6.45. The molecule has 2 N–H and O–H groups in total. The van der Waals surface area contributed by atoms with E-state index < -0.39 is 0 Å². The second-order valence-electron chi connectivity index (χ2n) is 8.69. The van der Waals surface area contributed by atoms with Crippen molar-refractivity contribution in [1.82, 2.24) is 14.4 Å². The van der Waals surface area contributed by atoms with Gasteiger partial charge in [-0.25, -0.2) is 0 Å². The Hall–Kier alpha value is -2.21. The number of nitrogen functional groups attached to an aromatic ring is 1. The largest absolute Gasteiger partial charge is 0.399 e. The Balaban J connectivity index is 1.68. The van der Waals surface area contributed by atoms with Gasteiger partial charge in [-0.1, -0.05) is 23.2 Å². The number of nitrogens with zero attached hydrogens (tertiary/aromatic N) is 3. The number of rotatable bonds is 4. The summed E-state index contributed by atoms with van der Waals surface area (Å²) >= 11 is 13.3. The molecule has 0 spiro atoms. The van der Waals surface area contributed by atoms with Crippen molar-refractivity contribution >= 4 is 45.7 Å². The van der Waals surface area contributed by atoms with Crippen LogP contribution in [0.2, 0.25) is 10.0 Å². The molecule has 31 heavy (non-hydrogen) atoms. The van der Waals surface area contributed by atoms with E-state index in [1.54, 1.807) is 12.1 Å². The third-order valence-corrected chi connectivity index (χ3v) is 7.23. The maximum atomic E-state index is 13.2. The predicted molar refractivity (Wildman–Crippen MR) is 129 cm³/mol. The highest BCUT2D eigenvalue weighted by molar-refractivity contribution is 6.38. The fraction of sp³-hybridized carbons (Fsp3) is 0.375. The molecule has 1 saturated heterocycles. The summed E-state index contributed by atoms with van der Waals surface area (Å²) in [5, 5.41) is 2.15. The van der Waals surface area contributed by atoms with E-state index in [-0.39, 0.29) is 5.91 Å². The van der Waals surface area contributed by atoms with Crippen LogP contribution >= 0.6 is 23.2 Å². The molecule has 0 saturated carbocycles. The number of aromatic nitrogens is 1. The highest BCUT2D eigenvalue weighted by Gasteiger charge is 2.30. The minimum absolute atomic E-state index is 0.0343. The van der Waals surface area contributed by atoms with Gasteiger partial charge in [-0.3, -0.25) is 4.79 Å². The van der Waals surface area contributed by atoms with Gasteiger partial charge >= 0.3 is 0 Å². The van der Waals surface area contributed by atoms with Crippen molar-refractivity contribution in [2.75, 3.05) is 32.9 Å². The molecule has 0 radical (unpaired) electrons. The van der Waals surface area contributed by atoms with Gasteiger partial charge in [0.25, 0.3) is 5.91 Å². The van der Waals surface area contributed by atoms with Gasteiger partial charge in [-0.15, -0.1) is 0 Å². The Bertz CT molecular complexity index is 1170. The minimum atomic E-state index is -0.0343. The SMILES string of the molecule is Cc1cc(N)cc2c1cc(Cc1c(Cl)ccc(C(=O)N3CCC(N(C)C)C3)c1Cl)n2C. The van der Waals surface area contributed by atoms with Gasteiger partial charge in [0, 0.05) is 54.4 Å². The number of anilines is 1. The van der Waals surface area contributed by atoms with Crippen LogP contribution in [-0.2, 0) is 13.5 Å². The van der Waals surface area contributed by atoms with E-state index in [0.717, 1.165) is 46.4 Å². The Morgan fingerprint density at radius 3 is 2.65 bits per heavy atom. The van der Waals surface area contributed by atoms with Gasteiger partial charge < -0.3 is 20.1 Å². The molecule has 1 aliphatic rings. The second-order valence-corrected chi connectivity index (χ2v) is 9.47. The quantitative estimate of drug-likeness (QED) is 0.574. The summed E-state index contributed by atoms with van der Waals surface area (Å²) < 4.78 is 2.11. The van der Waals surface area contributed by atoms with E-state index in [1.807, 2.05) is 38.2 Å². The van der Waals surface area contributed by atoms with E-state index in [2.05, 4.69) is 22.5 Å². The van der Waals surface area contributed by atoms with Crippen molar-refractivity contribution in [3.05, 3.63) is 62.8 Å². The molecule has 1 fully saturated rings. The lowest BCUT2D eigenvalue weighted by atomic mass is 10.0. The predicted octanol–water partition coefficient (Wildman–Crippen LogP) is 4.74. The maximum Gasteiger partial charge on any atom is 0.255 e. The molecule has 5 nitrogen and oxygen atoms in total. The third kappa shape index (κ3) is 4.02. The van der Waals surface area contributed by atoms with Crippen LogP contribution in [0.25, 0.3) is 10.9 Å². The van der Waals surface area contributed by atoms with Crippen LogP contribution in [0.4, 0.5) is 5.69 Å². The maximum absolute atomic E-state index is 13.2. The lowest BCUT2D eigenvalue weighted by molar-refractivity contribution is 0.0783. The molecule has 4 rings (SSSR count). The molecular formula is C24H28Cl2N4O. The van der Waals surface area contributed by atoms with Crippen LogP contribution in [0.15, 0.2) is 30.3 Å². The number of carbonyl (C=O) groups excluding carboxylic acids is 1. The van der Waals surface area contributed by atoms with Crippen LogP contribution in [0.5, 0.6) is 0 Å². The molecule has 164 valence electrons. The molecule has 7 heteroatoms. The first-order valence-electron chi connectivity index (χ1n) is 10.4. The van der Waals surface area contributed by atoms with Crippen molar-refractivity contribution in [2.24, 2.45) is 7.05 Å². The first kappa shape index (κ1) is 22.0. The van der Waals surface area contributed by atoms with Crippen LogP contribution < -0.4 is 5.73 Å². The molecule has 3 aromatic rings. The summed E-state index contributed by atoms with van der Waals surface area (Å²) in [6.45, 7) is 3.50.